The van der Waals surface area contributed by atoms with Crippen molar-refractivity contribution >= 4 is 24.0 Å². The van der Waals surface area contributed by atoms with Gasteiger partial charge in [-0.15, -0.1) is 0 Å². The molecule has 1 aromatic heterocycles. The maximum Gasteiger partial charge on any atom is 0.240 e. The van der Waals surface area contributed by atoms with Gasteiger partial charge in [-0.1, -0.05) is 30.3 Å². The van der Waals surface area contributed by atoms with Crippen LogP contribution in [0.4, 0.5) is 0 Å². The number of nitrogens with zero attached hydrogens (tertiary/aromatic N) is 3. The van der Waals surface area contributed by atoms with Gasteiger partial charge >= 0.3 is 0 Å². The number of carbonyl (C=O) groups is 2. The molecule has 1 aromatic carbocycles. The smallest absolute Gasteiger partial charge is 0.240 e. The lowest BCUT2D eigenvalue weighted by Crippen LogP contribution is -2.41. The monoisotopic (exact) mass is 385 g/mol. The molecular weight excluding hydrogens is 362 g/mol. The molecular formula is C19H23N5O2S. The quantitative estimate of drug-likeness (QED) is 0.746. The fraction of sp³-hybridized carbons (Fsp3) is 0.474. The molecule has 0 spiro atoms. The number of carbonyl (C=O) groups excluding carboxylic acids is 2. The summed E-state index contributed by atoms with van der Waals surface area (Å²) in [5.41, 5.74) is 1.10. The third-order valence-corrected chi connectivity index (χ3v) is 5.67. The van der Waals surface area contributed by atoms with Gasteiger partial charge in [0.15, 0.2) is 4.77 Å². The summed E-state index contributed by atoms with van der Waals surface area (Å²) < 4.78 is 2.15. The topological polar surface area (TPSA) is 83.0 Å². The van der Waals surface area contributed by atoms with Gasteiger partial charge in [-0.05, 0) is 37.0 Å². The van der Waals surface area contributed by atoms with Gasteiger partial charge in [-0.25, -0.2) is 0 Å². The molecule has 2 aromatic rings. The molecule has 7 nitrogen and oxygen atoms in total. The molecule has 1 unspecified atom stereocenters. The molecule has 4 rings (SSSR count). The van der Waals surface area contributed by atoms with Gasteiger partial charge in [0.2, 0.25) is 11.8 Å². The lowest BCUT2D eigenvalue weighted by Gasteiger charge is -2.26. The van der Waals surface area contributed by atoms with Gasteiger partial charge in [0.05, 0.1) is 0 Å². The summed E-state index contributed by atoms with van der Waals surface area (Å²) in [6, 6.07) is 10.2. The second kappa shape index (κ2) is 7.64. The third-order valence-electron chi connectivity index (χ3n) is 5.36. The van der Waals surface area contributed by atoms with Crippen LogP contribution in [0.5, 0.6) is 0 Å². The summed E-state index contributed by atoms with van der Waals surface area (Å²) in [6.45, 7) is 1.31. The second-order valence-corrected chi connectivity index (χ2v) is 7.72. The van der Waals surface area contributed by atoms with Gasteiger partial charge in [-0.3, -0.25) is 19.3 Å². The summed E-state index contributed by atoms with van der Waals surface area (Å²) in [6.07, 6.45) is 3.64. The molecule has 2 N–H and O–H groups in total. The molecule has 27 heavy (non-hydrogen) atoms. The summed E-state index contributed by atoms with van der Waals surface area (Å²) in [7, 11) is 0. The fourth-order valence-electron chi connectivity index (χ4n) is 3.67. The van der Waals surface area contributed by atoms with Gasteiger partial charge in [0, 0.05) is 31.5 Å². The number of aromatic nitrogens is 3. The van der Waals surface area contributed by atoms with Gasteiger partial charge in [0.1, 0.15) is 12.4 Å². The molecule has 2 fully saturated rings. The van der Waals surface area contributed by atoms with Crippen LogP contribution < -0.4 is 5.32 Å². The largest absolute Gasteiger partial charge is 0.352 e. The maximum absolute atomic E-state index is 12.5. The standard InChI is InChI=1S/C19H23N5O2S/c25-16(20-15-7-4-8-15)12-24-18(21-22-19(24)27)14-9-17(26)23(11-14)10-13-5-2-1-3-6-13/h1-3,5-6,14-15H,4,7-12H2,(H,20,25)(H,22,27). The normalized spacial score (nSPS) is 19.9. The number of amides is 2. The number of rotatable bonds is 6. The highest BCUT2D eigenvalue weighted by atomic mass is 32.1. The van der Waals surface area contributed by atoms with E-state index in [9.17, 15) is 9.59 Å². The number of benzene rings is 1. The SMILES string of the molecule is O=C(Cn1c(C2CC(=O)N(Cc3ccccc3)C2)n[nH]c1=S)NC1CCC1. The van der Waals surface area contributed by atoms with Crippen LogP contribution >= 0.6 is 12.2 Å². The van der Waals surface area contributed by atoms with Gasteiger partial charge in [0.25, 0.3) is 0 Å². The number of hydrogen-bond donors (Lipinski definition) is 2. The van der Waals surface area contributed by atoms with E-state index in [0.717, 1.165) is 18.4 Å². The Morgan fingerprint density at radius 2 is 2.07 bits per heavy atom. The Morgan fingerprint density at radius 1 is 1.30 bits per heavy atom. The Morgan fingerprint density at radius 3 is 2.78 bits per heavy atom. The predicted molar refractivity (Wildman–Crippen MR) is 102 cm³/mol. The highest BCUT2D eigenvalue weighted by molar-refractivity contribution is 7.71. The van der Waals surface area contributed by atoms with Gasteiger partial charge < -0.3 is 10.2 Å². The molecule has 0 radical (unpaired) electrons. The molecule has 2 heterocycles. The second-order valence-electron chi connectivity index (χ2n) is 7.33. The Balaban J connectivity index is 1.45. The molecule has 0 bridgehead atoms. The van der Waals surface area contributed by atoms with E-state index in [1.54, 1.807) is 4.57 Å². The van der Waals surface area contributed by atoms with Crippen LogP contribution in [0.3, 0.4) is 0 Å². The third kappa shape index (κ3) is 3.95. The highest BCUT2D eigenvalue weighted by Gasteiger charge is 2.34. The van der Waals surface area contributed by atoms with Crippen molar-refractivity contribution in [2.24, 2.45) is 0 Å². The lowest BCUT2D eigenvalue weighted by atomic mass is 9.93. The average molecular weight is 385 g/mol. The lowest BCUT2D eigenvalue weighted by molar-refractivity contribution is -0.128. The van der Waals surface area contributed by atoms with E-state index in [-0.39, 0.29) is 30.3 Å². The zero-order valence-corrected chi connectivity index (χ0v) is 15.9. The van der Waals surface area contributed by atoms with Crippen molar-refractivity contribution < 1.29 is 9.59 Å². The fourth-order valence-corrected chi connectivity index (χ4v) is 3.87. The first-order valence-corrected chi connectivity index (χ1v) is 9.77. The summed E-state index contributed by atoms with van der Waals surface area (Å²) in [4.78, 5) is 26.6. The van der Waals surface area contributed by atoms with Crippen LogP contribution in [0, 0.1) is 4.77 Å². The number of hydrogen-bond acceptors (Lipinski definition) is 4. The predicted octanol–water partition coefficient (Wildman–Crippen LogP) is 2.13. The van der Waals surface area contributed by atoms with Crippen molar-refractivity contribution in [3.05, 3.63) is 46.5 Å². The van der Waals surface area contributed by atoms with E-state index >= 15 is 0 Å². The summed E-state index contributed by atoms with van der Waals surface area (Å²) in [5, 5.41) is 10.1. The molecule has 142 valence electrons. The minimum Gasteiger partial charge on any atom is -0.352 e. The van der Waals surface area contributed by atoms with Gasteiger partial charge in [-0.2, -0.15) is 5.10 Å². The molecule has 1 aliphatic heterocycles. The Hall–Kier alpha value is -2.48. The van der Waals surface area contributed by atoms with E-state index in [0.29, 0.717) is 30.1 Å². The maximum atomic E-state index is 12.5. The van der Waals surface area contributed by atoms with E-state index < -0.39 is 0 Å². The van der Waals surface area contributed by atoms with Crippen molar-refractivity contribution in [1.29, 1.82) is 0 Å². The van der Waals surface area contributed by atoms with Crippen LogP contribution in [0.25, 0.3) is 0 Å². The molecule has 1 aliphatic carbocycles. The molecule has 1 saturated heterocycles. The Bertz CT molecular complexity index is 887. The van der Waals surface area contributed by atoms with E-state index in [1.165, 1.54) is 6.42 Å². The number of H-pyrrole nitrogens is 1. The van der Waals surface area contributed by atoms with Crippen LogP contribution in [0.1, 0.15) is 43.0 Å². The van der Waals surface area contributed by atoms with Crippen molar-refractivity contribution in [2.75, 3.05) is 6.54 Å². The summed E-state index contributed by atoms with van der Waals surface area (Å²) in [5.74, 6) is 0.672. The van der Waals surface area contributed by atoms with E-state index in [2.05, 4.69) is 15.5 Å². The number of aromatic amines is 1. The van der Waals surface area contributed by atoms with Crippen molar-refractivity contribution in [3.8, 4) is 0 Å². The number of likely N-dealkylation sites (tertiary alicyclic amines) is 1. The van der Waals surface area contributed by atoms with Crippen molar-refractivity contribution in [1.82, 2.24) is 25.0 Å². The van der Waals surface area contributed by atoms with Crippen molar-refractivity contribution in [2.45, 2.75) is 50.7 Å². The molecule has 1 saturated carbocycles. The van der Waals surface area contributed by atoms with Crippen LogP contribution in [0.15, 0.2) is 30.3 Å². The first-order valence-electron chi connectivity index (χ1n) is 9.36. The highest BCUT2D eigenvalue weighted by Crippen LogP contribution is 2.28. The average Bonchev–Trinajstić information content (AvgIpc) is 3.16. The zero-order valence-electron chi connectivity index (χ0n) is 15.1. The Kier molecular flexibility index (Phi) is 5.07. The molecule has 8 heteroatoms. The Labute approximate surface area is 162 Å². The van der Waals surface area contributed by atoms with E-state index in [4.69, 9.17) is 12.2 Å². The molecule has 2 amide bonds. The van der Waals surface area contributed by atoms with E-state index in [1.807, 2.05) is 35.2 Å². The zero-order chi connectivity index (χ0) is 18.8. The minimum absolute atomic E-state index is 0.0519. The summed E-state index contributed by atoms with van der Waals surface area (Å²) >= 11 is 5.31. The van der Waals surface area contributed by atoms with Crippen LogP contribution in [0.2, 0.25) is 0 Å². The first-order chi connectivity index (χ1) is 13.1. The van der Waals surface area contributed by atoms with Crippen LogP contribution in [-0.4, -0.2) is 44.1 Å². The first kappa shape index (κ1) is 17.9. The minimum atomic E-state index is -0.0642. The van der Waals surface area contributed by atoms with Crippen molar-refractivity contribution in [3.63, 3.8) is 0 Å². The molecule has 1 atom stereocenters. The number of nitrogens with one attached hydrogen (secondary N) is 2. The molecule has 2 aliphatic rings. The van der Waals surface area contributed by atoms with Crippen LogP contribution in [-0.2, 0) is 22.7 Å².